The fraction of sp³-hybridized carbons (Fsp3) is 0.385. The Labute approximate surface area is 106 Å². The second kappa shape index (κ2) is 5.08. The Hall–Kier alpha value is -2.04. The van der Waals surface area contributed by atoms with Crippen molar-refractivity contribution in [2.75, 3.05) is 17.7 Å². The van der Waals surface area contributed by atoms with Gasteiger partial charge in [0, 0.05) is 18.5 Å². The van der Waals surface area contributed by atoms with Gasteiger partial charge in [0.15, 0.2) is 0 Å². The number of carbonyl (C=O) groups is 2. The van der Waals surface area contributed by atoms with E-state index in [4.69, 9.17) is 4.74 Å². The normalized spacial score (nSPS) is 13.9. The maximum absolute atomic E-state index is 11.6. The summed E-state index contributed by atoms with van der Waals surface area (Å²) in [6, 6.07) is 5.17. The van der Waals surface area contributed by atoms with Gasteiger partial charge in [-0.25, -0.2) is 0 Å². The van der Waals surface area contributed by atoms with Gasteiger partial charge in [-0.1, -0.05) is 0 Å². The van der Waals surface area contributed by atoms with E-state index in [2.05, 4.69) is 10.6 Å². The molecule has 5 heteroatoms. The Morgan fingerprint density at radius 1 is 1.28 bits per heavy atom. The van der Waals surface area contributed by atoms with Crippen LogP contribution in [0.4, 0.5) is 11.4 Å². The minimum atomic E-state index is -0.182. The number of rotatable bonds is 4. The van der Waals surface area contributed by atoms with Crippen molar-refractivity contribution in [3.05, 3.63) is 18.2 Å². The SMILES string of the molecule is COc1ccc(NC(=O)C2CC2)cc1NC(C)=O. The first kappa shape index (κ1) is 12.4. The molecule has 1 aromatic carbocycles. The lowest BCUT2D eigenvalue weighted by Gasteiger charge is -2.11. The first-order chi connectivity index (χ1) is 8.60. The average Bonchev–Trinajstić information content (AvgIpc) is 3.12. The summed E-state index contributed by atoms with van der Waals surface area (Å²) in [7, 11) is 1.53. The van der Waals surface area contributed by atoms with E-state index in [1.807, 2.05) is 0 Å². The van der Waals surface area contributed by atoms with Crippen molar-refractivity contribution < 1.29 is 14.3 Å². The van der Waals surface area contributed by atoms with E-state index in [0.717, 1.165) is 12.8 Å². The summed E-state index contributed by atoms with van der Waals surface area (Å²) in [5.74, 6) is 0.568. The van der Waals surface area contributed by atoms with E-state index >= 15 is 0 Å². The molecule has 0 radical (unpaired) electrons. The van der Waals surface area contributed by atoms with Gasteiger partial charge in [-0.3, -0.25) is 9.59 Å². The summed E-state index contributed by atoms with van der Waals surface area (Å²) in [6.45, 7) is 1.43. The van der Waals surface area contributed by atoms with Gasteiger partial charge in [0.2, 0.25) is 11.8 Å². The van der Waals surface area contributed by atoms with Crippen LogP contribution in [0.2, 0.25) is 0 Å². The molecule has 1 aliphatic carbocycles. The molecule has 18 heavy (non-hydrogen) atoms. The van der Waals surface area contributed by atoms with Gasteiger partial charge in [-0.2, -0.15) is 0 Å². The smallest absolute Gasteiger partial charge is 0.227 e. The zero-order chi connectivity index (χ0) is 13.1. The molecule has 1 saturated carbocycles. The number of hydrogen-bond acceptors (Lipinski definition) is 3. The molecule has 0 bridgehead atoms. The molecule has 2 rings (SSSR count). The molecule has 2 amide bonds. The number of amides is 2. The van der Waals surface area contributed by atoms with Crippen LogP contribution < -0.4 is 15.4 Å². The van der Waals surface area contributed by atoms with Gasteiger partial charge < -0.3 is 15.4 Å². The quantitative estimate of drug-likeness (QED) is 0.856. The summed E-state index contributed by atoms with van der Waals surface area (Å²) in [4.78, 5) is 22.7. The lowest BCUT2D eigenvalue weighted by Crippen LogP contribution is -2.14. The van der Waals surface area contributed by atoms with Crippen LogP contribution in [0.25, 0.3) is 0 Å². The topological polar surface area (TPSA) is 67.4 Å². The highest BCUT2D eigenvalue weighted by molar-refractivity contribution is 5.96. The number of nitrogens with one attached hydrogen (secondary N) is 2. The third-order valence-corrected chi connectivity index (χ3v) is 2.73. The summed E-state index contributed by atoms with van der Waals surface area (Å²) >= 11 is 0. The second-order valence-corrected chi connectivity index (χ2v) is 4.36. The predicted octanol–water partition coefficient (Wildman–Crippen LogP) is 2.00. The molecule has 0 spiro atoms. The van der Waals surface area contributed by atoms with Crippen LogP contribution in [0.15, 0.2) is 18.2 Å². The lowest BCUT2D eigenvalue weighted by molar-refractivity contribution is -0.117. The van der Waals surface area contributed by atoms with Crippen LogP contribution in [0.3, 0.4) is 0 Å². The first-order valence-electron chi connectivity index (χ1n) is 5.86. The zero-order valence-corrected chi connectivity index (χ0v) is 10.4. The minimum Gasteiger partial charge on any atom is -0.495 e. The van der Waals surface area contributed by atoms with Gasteiger partial charge in [0.05, 0.1) is 12.8 Å². The molecule has 0 unspecified atom stereocenters. The van der Waals surface area contributed by atoms with Crippen molar-refractivity contribution in [2.45, 2.75) is 19.8 Å². The van der Waals surface area contributed by atoms with E-state index in [0.29, 0.717) is 17.1 Å². The van der Waals surface area contributed by atoms with Gasteiger partial charge in [-0.15, -0.1) is 0 Å². The van der Waals surface area contributed by atoms with Crippen molar-refractivity contribution in [1.82, 2.24) is 0 Å². The molecule has 0 aliphatic heterocycles. The number of anilines is 2. The largest absolute Gasteiger partial charge is 0.495 e. The lowest BCUT2D eigenvalue weighted by atomic mass is 10.2. The van der Waals surface area contributed by atoms with Crippen molar-refractivity contribution >= 4 is 23.2 Å². The molecule has 0 aromatic heterocycles. The number of carbonyl (C=O) groups excluding carboxylic acids is 2. The molecule has 1 fully saturated rings. The second-order valence-electron chi connectivity index (χ2n) is 4.36. The highest BCUT2D eigenvalue weighted by atomic mass is 16.5. The molecule has 1 aromatic rings. The van der Waals surface area contributed by atoms with Crippen molar-refractivity contribution in [3.63, 3.8) is 0 Å². The molecule has 0 saturated heterocycles. The van der Waals surface area contributed by atoms with E-state index in [9.17, 15) is 9.59 Å². The Balaban J connectivity index is 2.15. The molecule has 96 valence electrons. The number of methoxy groups -OCH3 is 1. The van der Waals surface area contributed by atoms with Gasteiger partial charge in [0.1, 0.15) is 5.75 Å². The Bertz CT molecular complexity index is 481. The summed E-state index contributed by atoms with van der Waals surface area (Å²) in [5.41, 5.74) is 1.22. The van der Waals surface area contributed by atoms with Crippen molar-refractivity contribution in [3.8, 4) is 5.75 Å². The van der Waals surface area contributed by atoms with Gasteiger partial charge in [0.25, 0.3) is 0 Å². The van der Waals surface area contributed by atoms with Gasteiger partial charge in [-0.05, 0) is 31.0 Å². The van der Waals surface area contributed by atoms with Crippen molar-refractivity contribution in [1.29, 1.82) is 0 Å². The molecule has 0 heterocycles. The monoisotopic (exact) mass is 248 g/mol. The fourth-order valence-electron chi connectivity index (χ4n) is 1.66. The van der Waals surface area contributed by atoms with Crippen molar-refractivity contribution in [2.24, 2.45) is 5.92 Å². The Morgan fingerprint density at radius 2 is 2.00 bits per heavy atom. The van der Waals surface area contributed by atoms with E-state index in [1.165, 1.54) is 14.0 Å². The average molecular weight is 248 g/mol. The fourth-order valence-corrected chi connectivity index (χ4v) is 1.66. The maximum atomic E-state index is 11.6. The van der Waals surface area contributed by atoms with Crippen LogP contribution in [0.5, 0.6) is 5.75 Å². The summed E-state index contributed by atoms with van der Waals surface area (Å²) in [6.07, 6.45) is 1.92. The number of ether oxygens (including phenoxy) is 1. The van der Waals surface area contributed by atoms with Crippen LogP contribution in [-0.4, -0.2) is 18.9 Å². The van der Waals surface area contributed by atoms with Crippen LogP contribution in [0.1, 0.15) is 19.8 Å². The first-order valence-corrected chi connectivity index (χ1v) is 5.86. The molecule has 2 N–H and O–H groups in total. The van der Waals surface area contributed by atoms with Crippen LogP contribution in [0, 0.1) is 5.92 Å². The number of hydrogen-bond donors (Lipinski definition) is 2. The standard InChI is InChI=1S/C13H16N2O3/c1-8(16)14-11-7-10(5-6-12(11)18-2)15-13(17)9-3-4-9/h5-7,9H,3-4H2,1-2H3,(H,14,16)(H,15,17). The van der Waals surface area contributed by atoms with E-state index in [-0.39, 0.29) is 17.7 Å². The molecular weight excluding hydrogens is 232 g/mol. The number of benzene rings is 1. The third-order valence-electron chi connectivity index (χ3n) is 2.73. The van der Waals surface area contributed by atoms with Gasteiger partial charge >= 0.3 is 0 Å². The Morgan fingerprint density at radius 3 is 2.56 bits per heavy atom. The molecular formula is C13H16N2O3. The highest BCUT2D eigenvalue weighted by Gasteiger charge is 2.29. The summed E-state index contributed by atoms with van der Waals surface area (Å²) in [5, 5.41) is 5.49. The predicted molar refractivity (Wildman–Crippen MR) is 68.7 cm³/mol. The minimum absolute atomic E-state index is 0.0361. The Kier molecular flexibility index (Phi) is 3.50. The molecule has 0 atom stereocenters. The molecule has 1 aliphatic rings. The third kappa shape index (κ3) is 3.00. The maximum Gasteiger partial charge on any atom is 0.227 e. The highest BCUT2D eigenvalue weighted by Crippen LogP contribution is 2.32. The van der Waals surface area contributed by atoms with Crippen LogP contribution >= 0.6 is 0 Å². The molecule has 5 nitrogen and oxygen atoms in total. The van der Waals surface area contributed by atoms with E-state index in [1.54, 1.807) is 18.2 Å². The zero-order valence-electron chi connectivity index (χ0n) is 10.4. The van der Waals surface area contributed by atoms with E-state index < -0.39 is 0 Å². The summed E-state index contributed by atoms with van der Waals surface area (Å²) < 4.78 is 5.14. The van der Waals surface area contributed by atoms with Crippen LogP contribution in [-0.2, 0) is 9.59 Å².